The number of benzene rings is 3. The molecule has 3 rings (SSSR count). The molecule has 1 atom stereocenters. The van der Waals surface area contributed by atoms with Crippen molar-refractivity contribution in [1.29, 1.82) is 0 Å². The number of carbonyl (C=O) groups is 1. The Labute approximate surface area is 180 Å². The largest absolute Gasteiger partial charge is 0.469 e. The van der Waals surface area contributed by atoms with E-state index in [1.807, 2.05) is 48.2 Å². The summed E-state index contributed by atoms with van der Waals surface area (Å²) in [5, 5.41) is 2.05. The minimum Gasteiger partial charge on any atom is -0.469 e. The molecule has 6 heteroatoms. The van der Waals surface area contributed by atoms with E-state index in [2.05, 4.69) is 10.6 Å². The number of nitrogens with zero attached hydrogens (tertiary/aromatic N) is 1. The Bertz CT molecular complexity index is 1060. The first-order valence-electron chi connectivity index (χ1n) is 9.50. The zero-order chi connectivity index (χ0) is 21.5. The third kappa shape index (κ3) is 5.05. The van der Waals surface area contributed by atoms with Crippen molar-refractivity contribution in [3.63, 3.8) is 0 Å². The molecule has 0 saturated carbocycles. The van der Waals surface area contributed by atoms with E-state index in [0.717, 1.165) is 27.0 Å². The van der Waals surface area contributed by atoms with Crippen LogP contribution in [0.3, 0.4) is 0 Å². The van der Waals surface area contributed by atoms with E-state index >= 15 is 0 Å². The van der Waals surface area contributed by atoms with Gasteiger partial charge in [0.15, 0.2) is 0 Å². The maximum absolute atomic E-state index is 13.1. The number of rotatable bonds is 8. The summed E-state index contributed by atoms with van der Waals surface area (Å²) < 4.78 is 21.3. The fourth-order valence-corrected chi connectivity index (χ4v) is 3.93. The van der Waals surface area contributed by atoms with Crippen LogP contribution in [0.5, 0.6) is 0 Å². The van der Waals surface area contributed by atoms with Gasteiger partial charge < -0.3 is 14.4 Å². The zero-order valence-electron chi connectivity index (χ0n) is 16.9. The second kappa shape index (κ2) is 10.0. The molecule has 0 radical (unpaired) electrons. The first-order valence-corrected chi connectivity index (χ1v) is 10.3. The second-order valence-corrected chi connectivity index (χ2v) is 7.68. The maximum atomic E-state index is 13.1. The van der Waals surface area contributed by atoms with Gasteiger partial charge in [-0.25, -0.2) is 4.39 Å². The van der Waals surface area contributed by atoms with Gasteiger partial charge >= 0.3 is 5.97 Å². The topological polar surface area (TPSA) is 41.6 Å². The van der Waals surface area contributed by atoms with Gasteiger partial charge in [0.05, 0.1) is 25.8 Å². The van der Waals surface area contributed by atoms with Crippen LogP contribution in [0.4, 0.5) is 15.8 Å². The molecule has 1 unspecified atom stereocenters. The lowest BCUT2D eigenvalue weighted by molar-refractivity contribution is -0.140. The highest BCUT2D eigenvalue weighted by atomic mass is 32.2. The van der Waals surface area contributed by atoms with Crippen LogP contribution >= 0.6 is 11.9 Å². The smallest absolute Gasteiger partial charge is 0.307 e. The van der Waals surface area contributed by atoms with Gasteiger partial charge in [-0.2, -0.15) is 0 Å². The number of nitrogens with one attached hydrogen (secondary N) is 1. The summed E-state index contributed by atoms with van der Waals surface area (Å²) in [5.74, 6) is 2.16. The molecule has 0 aliphatic rings. The van der Waals surface area contributed by atoms with Crippen LogP contribution in [0.1, 0.15) is 13.3 Å². The Morgan fingerprint density at radius 3 is 2.53 bits per heavy atom. The van der Waals surface area contributed by atoms with Crippen molar-refractivity contribution in [3.8, 4) is 12.3 Å². The number of hydrogen-bond donors (Lipinski definition) is 1. The summed E-state index contributed by atoms with van der Waals surface area (Å²) in [7, 11) is 1.38. The number of terminal acetylenes is 1. The molecule has 0 heterocycles. The molecule has 1 N–H and O–H groups in total. The third-order valence-electron chi connectivity index (χ3n) is 4.79. The van der Waals surface area contributed by atoms with E-state index in [1.165, 1.54) is 31.2 Å². The van der Waals surface area contributed by atoms with Crippen LogP contribution in [0.2, 0.25) is 0 Å². The Morgan fingerprint density at radius 2 is 1.87 bits per heavy atom. The maximum Gasteiger partial charge on any atom is 0.307 e. The average molecular weight is 423 g/mol. The molecule has 30 heavy (non-hydrogen) atoms. The molecule has 0 fully saturated rings. The molecule has 0 aliphatic carbocycles. The number of esters is 1. The van der Waals surface area contributed by atoms with Crippen molar-refractivity contribution in [2.45, 2.75) is 24.3 Å². The molecule has 154 valence electrons. The minimum atomic E-state index is -0.275. The van der Waals surface area contributed by atoms with E-state index in [-0.39, 0.29) is 24.2 Å². The first kappa shape index (κ1) is 21.5. The Hall–Kier alpha value is -3.17. The number of halogens is 1. The standard InChI is InChI=1S/C24H23FN2O2S/c1-4-15-27(17(2)16-24(28)29-3)23-14-13-22(20-7-5-6-8-21(20)23)26-30-19-11-9-18(25)10-12-19/h1,5-14,17,26H,15-16H2,2-3H3. The van der Waals surface area contributed by atoms with Crippen molar-refractivity contribution < 1.29 is 13.9 Å². The molecule has 4 nitrogen and oxygen atoms in total. The van der Waals surface area contributed by atoms with E-state index in [9.17, 15) is 9.18 Å². The van der Waals surface area contributed by atoms with Gasteiger partial charge in [0.2, 0.25) is 0 Å². The Morgan fingerprint density at radius 1 is 1.17 bits per heavy atom. The normalized spacial score (nSPS) is 11.5. The lowest BCUT2D eigenvalue weighted by atomic mass is 10.0. The quantitative estimate of drug-likeness (QED) is 0.295. The highest BCUT2D eigenvalue weighted by Crippen LogP contribution is 2.35. The zero-order valence-corrected chi connectivity index (χ0v) is 17.7. The van der Waals surface area contributed by atoms with Crippen molar-refractivity contribution >= 4 is 40.1 Å². The number of fused-ring (bicyclic) bond motifs is 1. The minimum absolute atomic E-state index is 0.121. The Balaban J connectivity index is 1.92. The number of hydrogen-bond acceptors (Lipinski definition) is 5. The molecule has 0 aliphatic heterocycles. The highest BCUT2D eigenvalue weighted by molar-refractivity contribution is 8.00. The van der Waals surface area contributed by atoms with Crippen LogP contribution in [0, 0.1) is 18.2 Å². The molecular weight excluding hydrogens is 399 g/mol. The van der Waals surface area contributed by atoms with E-state index in [4.69, 9.17) is 11.2 Å². The van der Waals surface area contributed by atoms with Crippen LogP contribution in [0.15, 0.2) is 65.6 Å². The van der Waals surface area contributed by atoms with Gasteiger partial charge in [0, 0.05) is 27.4 Å². The lowest BCUT2D eigenvalue weighted by Crippen LogP contribution is -2.35. The van der Waals surface area contributed by atoms with Crippen LogP contribution < -0.4 is 9.62 Å². The second-order valence-electron chi connectivity index (χ2n) is 6.80. The SMILES string of the molecule is C#CCN(c1ccc(NSc2ccc(F)cc2)c2ccccc12)C(C)CC(=O)OC. The fraction of sp³-hybridized carbons (Fsp3) is 0.208. The molecular formula is C24H23FN2O2S. The van der Waals surface area contributed by atoms with Crippen LogP contribution in [-0.2, 0) is 9.53 Å². The van der Waals surface area contributed by atoms with Gasteiger partial charge in [0.1, 0.15) is 5.82 Å². The summed E-state index contributed by atoms with van der Waals surface area (Å²) >= 11 is 1.42. The Kier molecular flexibility index (Phi) is 7.21. The number of ether oxygens (including phenoxy) is 1. The molecule has 3 aromatic rings. The number of methoxy groups -OCH3 is 1. The van der Waals surface area contributed by atoms with E-state index < -0.39 is 0 Å². The predicted molar refractivity (Wildman–Crippen MR) is 122 cm³/mol. The van der Waals surface area contributed by atoms with Crippen molar-refractivity contribution in [2.75, 3.05) is 23.3 Å². The van der Waals surface area contributed by atoms with Gasteiger partial charge in [-0.3, -0.25) is 4.79 Å². The summed E-state index contributed by atoms with van der Waals surface area (Å²) in [6, 6.07) is 18.2. The summed E-state index contributed by atoms with van der Waals surface area (Å²) in [6.07, 6.45) is 5.86. The first-order chi connectivity index (χ1) is 14.5. The number of carbonyl (C=O) groups excluding carboxylic acids is 1. The van der Waals surface area contributed by atoms with Crippen LogP contribution in [-0.4, -0.2) is 25.7 Å². The molecule has 3 aromatic carbocycles. The van der Waals surface area contributed by atoms with E-state index in [0.29, 0.717) is 6.54 Å². The monoisotopic (exact) mass is 422 g/mol. The van der Waals surface area contributed by atoms with Gasteiger partial charge in [0.25, 0.3) is 0 Å². The molecule has 0 aromatic heterocycles. The summed E-state index contributed by atoms with van der Waals surface area (Å²) in [5.41, 5.74) is 1.89. The fourth-order valence-electron chi connectivity index (χ4n) is 3.25. The average Bonchev–Trinajstić information content (AvgIpc) is 2.77. The molecule has 0 amide bonds. The molecule has 0 saturated heterocycles. The molecule has 0 bridgehead atoms. The molecule has 0 spiro atoms. The number of anilines is 2. The van der Waals surface area contributed by atoms with Crippen LogP contribution in [0.25, 0.3) is 10.8 Å². The van der Waals surface area contributed by atoms with Crippen molar-refractivity contribution in [3.05, 3.63) is 66.5 Å². The third-order valence-corrected chi connectivity index (χ3v) is 5.62. The highest BCUT2D eigenvalue weighted by Gasteiger charge is 2.20. The lowest BCUT2D eigenvalue weighted by Gasteiger charge is -2.30. The summed E-state index contributed by atoms with van der Waals surface area (Å²) in [6.45, 7) is 2.33. The van der Waals surface area contributed by atoms with Gasteiger partial charge in [-0.05, 0) is 55.3 Å². The van der Waals surface area contributed by atoms with E-state index in [1.54, 1.807) is 12.1 Å². The van der Waals surface area contributed by atoms with Gasteiger partial charge in [-0.15, -0.1) is 6.42 Å². The van der Waals surface area contributed by atoms with Crippen molar-refractivity contribution in [1.82, 2.24) is 0 Å². The van der Waals surface area contributed by atoms with Crippen molar-refractivity contribution in [2.24, 2.45) is 0 Å². The predicted octanol–water partition coefficient (Wildman–Crippen LogP) is 5.49. The van der Waals surface area contributed by atoms with Gasteiger partial charge in [-0.1, -0.05) is 30.2 Å². The summed E-state index contributed by atoms with van der Waals surface area (Å²) in [4.78, 5) is 14.7.